The average Bonchev–Trinajstić information content (AvgIpc) is 3.16. The molecule has 1 aliphatic heterocycles. The number of carbonyl (C=O) groups is 2. The molecule has 11 heteroatoms. The van der Waals surface area contributed by atoms with Crippen molar-refractivity contribution in [2.45, 2.75) is 18.2 Å². The van der Waals surface area contributed by atoms with Crippen LogP contribution in [0.15, 0.2) is 65.7 Å². The van der Waals surface area contributed by atoms with Gasteiger partial charge in [0.2, 0.25) is 17.8 Å². The molecule has 33 heavy (non-hydrogen) atoms. The van der Waals surface area contributed by atoms with Crippen LogP contribution < -0.4 is 14.9 Å². The van der Waals surface area contributed by atoms with Crippen molar-refractivity contribution in [2.75, 3.05) is 21.5 Å². The number of anilines is 3. The van der Waals surface area contributed by atoms with Crippen LogP contribution in [0.2, 0.25) is 0 Å². The van der Waals surface area contributed by atoms with Crippen LogP contribution >= 0.6 is 0 Å². The molecular weight excluding hydrogens is 449 g/mol. The molecule has 1 aromatic heterocycles. The summed E-state index contributed by atoms with van der Waals surface area (Å²) in [6, 6.07) is 12.7. The SMILES string of the molecule is Cc1ccnc(NS(=O)(=O)c2ccc(NC(=O)C3CC(=O)N(c4ccc(F)cc4)C3)cc2)n1. The summed E-state index contributed by atoms with van der Waals surface area (Å²) < 4.78 is 40.5. The highest BCUT2D eigenvalue weighted by Crippen LogP contribution is 2.26. The fourth-order valence-corrected chi connectivity index (χ4v) is 4.34. The second-order valence-electron chi connectivity index (χ2n) is 7.52. The number of aromatic nitrogens is 2. The van der Waals surface area contributed by atoms with E-state index in [4.69, 9.17) is 0 Å². The zero-order valence-corrected chi connectivity index (χ0v) is 18.3. The monoisotopic (exact) mass is 469 g/mol. The van der Waals surface area contributed by atoms with E-state index in [1.54, 1.807) is 13.0 Å². The normalized spacial score (nSPS) is 16.0. The Hall–Kier alpha value is -3.86. The first-order valence-electron chi connectivity index (χ1n) is 10.0. The lowest BCUT2D eigenvalue weighted by molar-refractivity contribution is -0.122. The van der Waals surface area contributed by atoms with Crippen molar-refractivity contribution >= 4 is 39.2 Å². The van der Waals surface area contributed by atoms with Gasteiger partial charge in [0.1, 0.15) is 5.82 Å². The lowest BCUT2D eigenvalue weighted by Gasteiger charge is -2.16. The van der Waals surface area contributed by atoms with E-state index in [1.807, 2.05) is 0 Å². The first kappa shape index (κ1) is 22.3. The lowest BCUT2D eigenvalue weighted by atomic mass is 10.1. The summed E-state index contributed by atoms with van der Waals surface area (Å²) in [5.41, 5.74) is 1.53. The Labute approximate surface area is 189 Å². The molecule has 2 amide bonds. The van der Waals surface area contributed by atoms with Gasteiger partial charge in [0, 0.05) is 36.2 Å². The molecule has 1 aliphatic rings. The Morgan fingerprint density at radius 2 is 1.79 bits per heavy atom. The fraction of sp³-hybridized carbons (Fsp3) is 0.182. The molecule has 0 bridgehead atoms. The maximum atomic E-state index is 13.1. The van der Waals surface area contributed by atoms with Crippen LogP contribution in [0.25, 0.3) is 0 Å². The van der Waals surface area contributed by atoms with Gasteiger partial charge in [-0.15, -0.1) is 0 Å². The Morgan fingerprint density at radius 1 is 1.09 bits per heavy atom. The Morgan fingerprint density at radius 3 is 2.45 bits per heavy atom. The molecular formula is C22H20FN5O4S. The number of hydrogen-bond acceptors (Lipinski definition) is 6. The molecule has 3 aromatic rings. The van der Waals surface area contributed by atoms with E-state index in [1.165, 1.54) is 59.6 Å². The molecule has 0 aliphatic carbocycles. The van der Waals surface area contributed by atoms with Crippen LogP contribution in [0.1, 0.15) is 12.1 Å². The summed E-state index contributed by atoms with van der Waals surface area (Å²) in [6.45, 7) is 1.89. The lowest BCUT2D eigenvalue weighted by Crippen LogP contribution is -2.28. The van der Waals surface area contributed by atoms with Gasteiger partial charge in [-0.1, -0.05) is 0 Å². The molecule has 170 valence electrons. The minimum atomic E-state index is -3.90. The maximum Gasteiger partial charge on any atom is 0.264 e. The van der Waals surface area contributed by atoms with Crippen LogP contribution in [-0.4, -0.2) is 36.7 Å². The molecule has 0 saturated carbocycles. The number of nitrogens with zero attached hydrogens (tertiary/aromatic N) is 3. The number of benzene rings is 2. The van der Waals surface area contributed by atoms with Crippen LogP contribution in [0.4, 0.5) is 21.7 Å². The molecule has 1 unspecified atom stereocenters. The van der Waals surface area contributed by atoms with Crippen LogP contribution in [0.5, 0.6) is 0 Å². The van der Waals surface area contributed by atoms with Gasteiger partial charge < -0.3 is 10.2 Å². The third-order valence-corrected chi connectivity index (χ3v) is 6.43. The average molecular weight is 469 g/mol. The predicted molar refractivity (Wildman–Crippen MR) is 120 cm³/mol. The highest BCUT2D eigenvalue weighted by Gasteiger charge is 2.35. The number of carbonyl (C=O) groups excluding carboxylic acids is 2. The number of halogens is 1. The van der Waals surface area contributed by atoms with Crippen molar-refractivity contribution in [3.8, 4) is 0 Å². The molecule has 0 radical (unpaired) electrons. The number of rotatable bonds is 6. The summed E-state index contributed by atoms with van der Waals surface area (Å²) >= 11 is 0. The van der Waals surface area contributed by atoms with Gasteiger partial charge in [-0.3, -0.25) is 9.59 Å². The number of amides is 2. The van der Waals surface area contributed by atoms with Gasteiger partial charge in [-0.25, -0.2) is 27.5 Å². The molecule has 1 fully saturated rings. The van der Waals surface area contributed by atoms with Crippen LogP contribution in [0.3, 0.4) is 0 Å². The molecule has 1 saturated heterocycles. The Bertz CT molecular complexity index is 1300. The smallest absolute Gasteiger partial charge is 0.264 e. The van der Waals surface area contributed by atoms with Crippen molar-refractivity contribution in [2.24, 2.45) is 5.92 Å². The van der Waals surface area contributed by atoms with E-state index in [2.05, 4.69) is 20.0 Å². The summed E-state index contributed by atoms with van der Waals surface area (Å²) in [4.78, 5) is 34.3. The van der Waals surface area contributed by atoms with Crippen molar-refractivity contribution in [1.29, 1.82) is 0 Å². The van der Waals surface area contributed by atoms with E-state index in [9.17, 15) is 22.4 Å². The van der Waals surface area contributed by atoms with Gasteiger partial charge in [0.15, 0.2) is 0 Å². The Kier molecular flexibility index (Phi) is 6.05. The zero-order chi connectivity index (χ0) is 23.6. The number of nitrogens with one attached hydrogen (secondary N) is 2. The molecule has 2 N–H and O–H groups in total. The minimum absolute atomic E-state index is 0.0239. The topological polar surface area (TPSA) is 121 Å². The largest absolute Gasteiger partial charge is 0.326 e. The van der Waals surface area contributed by atoms with Gasteiger partial charge >= 0.3 is 0 Å². The fourth-order valence-electron chi connectivity index (χ4n) is 3.39. The minimum Gasteiger partial charge on any atom is -0.326 e. The van der Waals surface area contributed by atoms with Crippen LogP contribution in [0, 0.1) is 18.7 Å². The van der Waals surface area contributed by atoms with Crippen molar-refractivity contribution in [1.82, 2.24) is 9.97 Å². The van der Waals surface area contributed by atoms with E-state index in [0.717, 1.165) is 0 Å². The first-order chi connectivity index (χ1) is 15.7. The van der Waals surface area contributed by atoms with Gasteiger partial charge in [-0.2, -0.15) is 0 Å². The summed E-state index contributed by atoms with van der Waals surface area (Å²) in [7, 11) is -3.90. The zero-order valence-electron chi connectivity index (χ0n) is 17.5. The number of hydrogen-bond donors (Lipinski definition) is 2. The standard InChI is InChI=1S/C22H20FN5O4S/c1-14-10-11-24-22(25-14)27-33(31,32)19-8-4-17(5-9-19)26-21(30)15-12-20(29)28(13-15)18-6-2-16(23)3-7-18/h2-11,15H,12-13H2,1H3,(H,26,30)(H,24,25,27). The van der Waals surface area contributed by atoms with E-state index in [0.29, 0.717) is 17.1 Å². The van der Waals surface area contributed by atoms with E-state index in [-0.39, 0.29) is 35.6 Å². The Balaban J connectivity index is 1.40. The summed E-state index contributed by atoms with van der Waals surface area (Å²) in [5.74, 6) is -1.63. The van der Waals surface area contributed by atoms with Crippen LogP contribution in [-0.2, 0) is 19.6 Å². The molecule has 2 aromatic carbocycles. The third kappa shape index (κ3) is 5.14. The van der Waals surface area contributed by atoms with Crippen molar-refractivity contribution < 1.29 is 22.4 Å². The number of sulfonamides is 1. The number of aryl methyl sites for hydroxylation is 1. The highest BCUT2D eigenvalue weighted by molar-refractivity contribution is 7.92. The predicted octanol–water partition coefficient (Wildman–Crippen LogP) is 2.72. The summed E-state index contributed by atoms with van der Waals surface area (Å²) in [5, 5.41) is 2.70. The molecule has 1 atom stereocenters. The molecule has 9 nitrogen and oxygen atoms in total. The summed E-state index contributed by atoms with van der Waals surface area (Å²) in [6.07, 6.45) is 1.47. The molecule has 0 spiro atoms. The van der Waals surface area contributed by atoms with Gasteiger partial charge in [0.05, 0.1) is 10.8 Å². The van der Waals surface area contributed by atoms with E-state index < -0.39 is 21.8 Å². The molecule has 2 heterocycles. The van der Waals surface area contributed by atoms with Crippen molar-refractivity contribution in [3.05, 3.63) is 72.3 Å². The molecule has 4 rings (SSSR count). The highest BCUT2D eigenvalue weighted by atomic mass is 32.2. The second kappa shape index (κ2) is 8.94. The van der Waals surface area contributed by atoms with Gasteiger partial charge in [-0.05, 0) is 61.5 Å². The van der Waals surface area contributed by atoms with Crippen molar-refractivity contribution in [3.63, 3.8) is 0 Å². The van der Waals surface area contributed by atoms with E-state index >= 15 is 0 Å². The quantitative estimate of drug-likeness (QED) is 0.573. The van der Waals surface area contributed by atoms with Gasteiger partial charge in [0.25, 0.3) is 10.0 Å². The second-order valence-corrected chi connectivity index (χ2v) is 9.20. The first-order valence-corrected chi connectivity index (χ1v) is 11.5. The third-order valence-electron chi connectivity index (χ3n) is 5.09. The maximum absolute atomic E-state index is 13.1.